The molecule has 0 aliphatic heterocycles. The van der Waals surface area contributed by atoms with E-state index in [2.05, 4.69) is 13.2 Å². The summed E-state index contributed by atoms with van der Waals surface area (Å²) in [6.45, 7) is 6.49. The van der Waals surface area contributed by atoms with Gasteiger partial charge in [-0.3, -0.25) is 0 Å². The fourth-order valence-electron chi connectivity index (χ4n) is 2.64. The number of sulfonamides is 4. The maximum Gasteiger partial charge on any atom is 1.00 e. The van der Waals surface area contributed by atoms with Crippen molar-refractivity contribution in [3.8, 4) is 11.1 Å². The first kappa shape index (κ1) is 39.2. The Balaban J connectivity index is 0.00000760. The third-order valence-electron chi connectivity index (χ3n) is 4.33. The van der Waals surface area contributed by atoms with E-state index in [-0.39, 0.29) is 70.2 Å². The molecule has 0 fully saturated rings. The van der Waals surface area contributed by atoms with Gasteiger partial charge in [-0.05, 0) is 34.4 Å². The Hall–Kier alpha value is -0.780. The number of hydrogen-bond acceptors (Lipinski definition) is 8. The molecule has 0 saturated heterocycles. The number of halogens is 6. The fraction of sp³-hybridized carbons (Fsp3) is 0.111. The predicted molar refractivity (Wildman–Crippen MR) is 123 cm³/mol. The van der Waals surface area contributed by atoms with E-state index in [0.29, 0.717) is 12.1 Å². The van der Waals surface area contributed by atoms with Gasteiger partial charge in [0.25, 0.3) is 0 Å². The van der Waals surface area contributed by atoms with Crippen LogP contribution in [0, 0.1) is 0 Å². The zero-order chi connectivity index (χ0) is 29.5. The first-order chi connectivity index (χ1) is 17.0. The summed E-state index contributed by atoms with van der Waals surface area (Å²) in [5, 5.41) is 0. The minimum Gasteiger partial charge on any atom is -0.424 e. The molecular formula is C18H12F6N2Na2O8S4. The van der Waals surface area contributed by atoms with Gasteiger partial charge in [0.15, 0.2) is 20.0 Å². The summed E-state index contributed by atoms with van der Waals surface area (Å²) in [5.74, 6) is 0. The Morgan fingerprint density at radius 2 is 0.850 bits per heavy atom. The molecule has 0 aromatic heterocycles. The molecule has 0 unspecified atom stereocenters. The van der Waals surface area contributed by atoms with Crippen molar-refractivity contribution in [2.45, 2.75) is 20.8 Å². The maximum atomic E-state index is 12.7. The van der Waals surface area contributed by atoms with Crippen LogP contribution in [0.4, 0.5) is 26.3 Å². The van der Waals surface area contributed by atoms with Gasteiger partial charge in [0, 0.05) is 0 Å². The van der Waals surface area contributed by atoms with Crippen LogP contribution in [-0.2, 0) is 40.1 Å². The first-order valence-corrected chi connectivity index (χ1v) is 14.9. The molecule has 0 aliphatic rings. The zero-order valence-electron chi connectivity index (χ0n) is 20.1. The number of benzene rings is 2. The minimum atomic E-state index is -6.52. The maximum absolute atomic E-state index is 12.7. The number of nitrogens with zero attached hydrogens (tertiary/aromatic N) is 2. The molecule has 0 N–H and O–H groups in total. The number of rotatable bonds is 9. The van der Waals surface area contributed by atoms with Crippen molar-refractivity contribution in [2.24, 2.45) is 0 Å². The van der Waals surface area contributed by atoms with E-state index < -0.39 is 72.0 Å². The zero-order valence-corrected chi connectivity index (χ0v) is 27.4. The Morgan fingerprint density at radius 3 is 1.07 bits per heavy atom. The summed E-state index contributed by atoms with van der Waals surface area (Å²) in [6.07, 6.45) is 1.65. The van der Waals surface area contributed by atoms with Crippen LogP contribution in [-0.4, -0.2) is 44.7 Å². The molecule has 40 heavy (non-hydrogen) atoms. The molecule has 0 spiro atoms. The molecule has 2 aromatic rings. The molecular weight excluding hydrogens is 660 g/mol. The molecule has 22 heteroatoms. The second-order valence-corrected chi connectivity index (χ2v) is 13.7. The van der Waals surface area contributed by atoms with Gasteiger partial charge in [-0.25, -0.2) is 33.7 Å². The fourth-order valence-corrected chi connectivity index (χ4v) is 7.47. The van der Waals surface area contributed by atoms with Crippen LogP contribution in [0.25, 0.3) is 31.5 Å². The van der Waals surface area contributed by atoms with Gasteiger partial charge in [-0.15, -0.1) is 0 Å². The summed E-state index contributed by atoms with van der Waals surface area (Å²) in [6, 6.07) is 5.17. The van der Waals surface area contributed by atoms with E-state index >= 15 is 0 Å². The third-order valence-corrected chi connectivity index (χ3v) is 10.5. The van der Waals surface area contributed by atoms with Crippen LogP contribution in [0.2, 0.25) is 0 Å². The Morgan fingerprint density at radius 1 is 0.575 bits per heavy atom. The van der Waals surface area contributed by atoms with Gasteiger partial charge in [-0.1, -0.05) is 49.6 Å². The average Bonchev–Trinajstić information content (AvgIpc) is 2.75. The van der Waals surface area contributed by atoms with Gasteiger partial charge < -0.3 is 8.25 Å². The average molecular weight is 673 g/mol. The SMILES string of the molecule is C=Cc1ccc(-c2ccc(C=C)c(S(=O)(=O)[N-]S(=O)(=O)C(F)(F)F)c2)cc1S(=O)(=O)[N-]S(=O)(=O)C(F)(F)F.[Na+].[Na+]. The van der Waals surface area contributed by atoms with Crippen LogP contribution >= 0.6 is 0 Å². The van der Waals surface area contributed by atoms with Gasteiger partial charge in [0.1, 0.15) is 20.0 Å². The van der Waals surface area contributed by atoms with E-state index in [1.807, 2.05) is 8.25 Å². The van der Waals surface area contributed by atoms with Gasteiger partial charge in [0.2, 0.25) is 0 Å². The quantitative estimate of drug-likeness (QED) is 0.229. The molecule has 0 radical (unpaired) electrons. The molecule has 0 bridgehead atoms. The Kier molecular flexibility index (Phi) is 13.0. The van der Waals surface area contributed by atoms with E-state index in [0.717, 1.165) is 36.4 Å². The normalized spacial score (nSPS) is 13.1. The molecule has 2 aromatic carbocycles. The monoisotopic (exact) mass is 672 g/mol. The van der Waals surface area contributed by atoms with E-state index in [4.69, 9.17) is 0 Å². The van der Waals surface area contributed by atoms with Crippen molar-refractivity contribution in [2.75, 3.05) is 0 Å². The van der Waals surface area contributed by atoms with Crippen LogP contribution in [0.5, 0.6) is 0 Å². The van der Waals surface area contributed by atoms with Gasteiger partial charge >= 0.3 is 70.1 Å². The van der Waals surface area contributed by atoms with Crippen molar-refractivity contribution in [3.63, 3.8) is 0 Å². The molecule has 210 valence electrons. The van der Waals surface area contributed by atoms with Crippen molar-refractivity contribution < 1.29 is 119 Å². The molecule has 0 aliphatic carbocycles. The molecule has 0 heterocycles. The molecule has 0 amide bonds. The first-order valence-electron chi connectivity index (χ1n) is 9.13. The molecule has 10 nitrogen and oxygen atoms in total. The molecule has 0 atom stereocenters. The van der Waals surface area contributed by atoms with Gasteiger partial charge in [0.05, 0.1) is 9.79 Å². The second kappa shape index (κ2) is 13.2. The Bertz CT molecular complexity index is 1610. The van der Waals surface area contributed by atoms with Crippen LogP contribution < -0.4 is 59.1 Å². The number of alkyl halides is 6. The second-order valence-electron chi connectivity index (χ2n) is 6.85. The van der Waals surface area contributed by atoms with Crippen LogP contribution in [0.15, 0.2) is 59.3 Å². The summed E-state index contributed by atoms with van der Waals surface area (Å²) in [7, 11) is -24.2. The van der Waals surface area contributed by atoms with E-state index in [1.54, 1.807) is 0 Å². The van der Waals surface area contributed by atoms with Crippen LogP contribution in [0.1, 0.15) is 11.1 Å². The van der Waals surface area contributed by atoms with Gasteiger partial charge in [-0.2, -0.15) is 26.3 Å². The van der Waals surface area contributed by atoms with Crippen molar-refractivity contribution in [3.05, 3.63) is 68.9 Å². The number of hydrogen-bond donors (Lipinski definition) is 0. The topological polar surface area (TPSA) is 165 Å². The standard InChI is InChI=1S/C18H12F6N2O8S4.2Na/c1-3-11-5-7-13(9-15(11)35(27,28)25-37(31,32)17(19,20)21)14-8-6-12(4-2)16(10-14)36(29,30)26-38(33,34)18(22,23)24;;/h3-10H,1-2H2;;/q-2;2*+1. The van der Waals surface area contributed by atoms with E-state index in [9.17, 15) is 60.0 Å². The summed E-state index contributed by atoms with van der Waals surface area (Å²) in [5.41, 5.74) is -13.6. The minimum absolute atomic E-state index is 0. The largest absolute Gasteiger partial charge is 1.00 e. The van der Waals surface area contributed by atoms with Crippen molar-refractivity contribution in [1.29, 1.82) is 0 Å². The molecule has 2 rings (SSSR count). The van der Waals surface area contributed by atoms with E-state index in [1.165, 1.54) is 0 Å². The van der Waals surface area contributed by atoms with Crippen LogP contribution in [0.3, 0.4) is 0 Å². The Labute approximate surface area is 269 Å². The summed E-state index contributed by atoms with van der Waals surface area (Å²) < 4.78 is 175. The summed E-state index contributed by atoms with van der Waals surface area (Å²) >= 11 is 0. The third kappa shape index (κ3) is 8.63. The molecule has 0 saturated carbocycles. The van der Waals surface area contributed by atoms with Crippen molar-refractivity contribution >= 4 is 52.2 Å². The summed E-state index contributed by atoms with van der Waals surface area (Å²) in [4.78, 5) is -2.22. The predicted octanol–water partition coefficient (Wildman–Crippen LogP) is -1.53. The van der Waals surface area contributed by atoms with Crippen molar-refractivity contribution in [1.82, 2.24) is 0 Å². The smallest absolute Gasteiger partial charge is 0.424 e.